The number of benzene rings is 2. The highest BCUT2D eigenvalue weighted by Crippen LogP contribution is 2.23. The number of likely N-dealkylation sites (tertiary alicyclic amines) is 1. The number of hydrogen-bond donors (Lipinski definition) is 1. The summed E-state index contributed by atoms with van der Waals surface area (Å²) in [6.07, 6.45) is 4.39. The summed E-state index contributed by atoms with van der Waals surface area (Å²) in [5, 5.41) is 0. The van der Waals surface area contributed by atoms with Gasteiger partial charge in [-0.3, -0.25) is 9.52 Å². The van der Waals surface area contributed by atoms with Gasteiger partial charge in [-0.25, -0.2) is 8.42 Å². The molecular formula is C21H26N2O4S. The zero-order valence-electron chi connectivity index (χ0n) is 16.3. The van der Waals surface area contributed by atoms with Crippen LogP contribution in [-0.4, -0.2) is 39.4 Å². The molecule has 1 aliphatic heterocycles. The summed E-state index contributed by atoms with van der Waals surface area (Å²) in [5.74, 6) is 0.598. The number of nitrogens with one attached hydrogen (secondary N) is 1. The zero-order chi connectivity index (χ0) is 20.1. The van der Waals surface area contributed by atoms with Crippen LogP contribution in [0.1, 0.15) is 41.6 Å². The molecule has 0 unspecified atom stereocenters. The molecule has 1 aliphatic rings. The van der Waals surface area contributed by atoms with Crippen LogP contribution < -0.4 is 9.46 Å². The lowest BCUT2D eigenvalue weighted by molar-refractivity contribution is 0.0761. The third kappa shape index (κ3) is 4.65. The van der Waals surface area contributed by atoms with Crippen LogP contribution in [0.5, 0.6) is 5.75 Å². The Morgan fingerprint density at radius 2 is 1.64 bits per heavy atom. The van der Waals surface area contributed by atoms with Crippen molar-refractivity contribution >= 4 is 21.6 Å². The van der Waals surface area contributed by atoms with Crippen molar-refractivity contribution in [1.82, 2.24) is 4.90 Å². The minimum Gasteiger partial charge on any atom is -0.497 e. The second-order valence-corrected chi connectivity index (χ2v) is 8.70. The van der Waals surface area contributed by atoms with E-state index in [4.69, 9.17) is 4.74 Å². The Hall–Kier alpha value is -2.54. The number of amides is 1. The number of nitrogens with zero attached hydrogens (tertiary/aromatic N) is 1. The molecule has 1 saturated heterocycles. The van der Waals surface area contributed by atoms with Gasteiger partial charge in [-0.05, 0) is 67.8 Å². The summed E-state index contributed by atoms with van der Waals surface area (Å²) in [6, 6.07) is 11.3. The molecule has 2 aromatic carbocycles. The van der Waals surface area contributed by atoms with Crippen molar-refractivity contribution in [2.45, 2.75) is 37.5 Å². The van der Waals surface area contributed by atoms with Gasteiger partial charge in [0.15, 0.2) is 0 Å². The largest absolute Gasteiger partial charge is 0.497 e. The van der Waals surface area contributed by atoms with E-state index < -0.39 is 10.0 Å². The van der Waals surface area contributed by atoms with Gasteiger partial charge >= 0.3 is 0 Å². The van der Waals surface area contributed by atoms with E-state index in [-0.39, 0.29) is 10.8 Å². The smallest absolute Gasteiger partial charge is 0.261 e. The lowest BCUT2D eigenvalue weighted by Gasteiger charge is -2.21. The van der Waals surface area contributed by atoms with Gasteiger partial charge in [0, 0.05) is 18.7 Å². The number of carbonyl (C=O) groups is 1. The van der Waals surface area contributed by atoms with Gasteiger partial charge in [-0.1, -0.05) is 12.8 Å². The Bertz CT molecular complexity index is 931. The fourth-order valence-electron chi connectivity index (χ4n) is 3.33. The Morgan fingerprint density at radius 3 is 2.21 bits per heavy atom. The van der Waals surface area contributed by atoms with Crippen molar-refractivity contribution in [1.29, 1.82) is 0 Å². The molecule has 7 heteroatoms. The topological polar surface area (TPSA) is 75.7 Å². The third-order valence-electron chi connectivity index (χ3n) is 4.98. The van der Waals surface area contributed by atoms with Gasteiger partial charge in [-0.15, -0.1) is 0 Å². The average molecular weight is 403 g/mol. The predicted octanol–water partition coefficient (Wildman–Crippen LogP) is 3.82. The van der Waals surface area contributed by atoms with Crippen molar-refractivity contribution in [3.05, 3.63) is 53.6 Å². The summed E-state index contributed by atoms with van der Waals surface area (Å²) in [5.41, 5.74) is 1.76. The lowest BCUT2D eigenvalue weighted by atomic mass is 10.1. The number of sulfonamides is 1. The molecule has 28 heavy (non-hydrogen) atoms. The SMILES string of the molecule is COc1ccc(S(=O)(=O)Nc2ccc(C(=O)N3CCCCCC3)cc2C)cc1. The van der Waals surface area contributed by atoms with Crippen LogP contribution in [0.4, 0.5) is 5.69 Å². The van der Waals surface area contributed by atoms with Crippen LogP contribution in [-0.2, 0) is 10.0 Å². The molecule has 0 atom stereocenters. The maximum Gasteiger partial charge on any atom is 0.261 e. The molecule has 0 aliphatic carbocycles. The lowest BCUT2D eigenvalue weighted by Crippen LogP contribution is -2.31. The first-order chi connectivity index (χ1) is 13.4. The van der Waals surface area contributed by atoms with Gasteiger partial charge in [0.2, 0.25) is 0 Å². The summed E-state index contributed by atoms with van der Waals surface area (Å²) < 4.78 is 32.9. The van der Waals surface area contributed by atoms with Crippen LogP contribution in [0.25, 0.3) is 0 Å². The highest BCUT2D eigenvalue weighted by atomic mass is 32.2. The van der Waals surface area contributed by atoms with E-state index in [0.717, 1.165) is 38.8 Å². The van der Waals surface area contributed by atoms with Crippen molar-refractivity contribution in [2.24, 2.45) is 0 Å². The Morgan fingerprint density at radius 1 is 1.00 bits per heavy atom. The third-order valence-corrected chi connectivity index (χ3v) is 6.36. The maximum atomic E-state index is 12.8. The van der Waals surface area contributed by atoms with Gasteiger partial charge in [0.25, 0.3) is 15.9 Å². The monoisotopic (exact) mass is 402 g/mol. The van der Waals surface area contributed by atoms with Gasteiger partial charge in [0.05, 0.1) is 17.7 Å². The number of carbonyl (C=O) groups excluding carboxylic acids is 1. The first-order valence-electron chi connectivity index (χ1n) is 9.47. The van der Waals surface area contributed by atoms with Crippen LogP contribution in [0.15, 0.2) is 47.4 Å². The number of rotatable bonds is 5. The van der Waals surface area contributed by atoms with Gasteiger partial charge in [0.1, 0.15) is 5.75 Å². The minimum absolute atomic E-state index is 0.00885. The molecule has 0 bridgehead atoms. The summed E-state index contributed by atoms with van der Waals surface area (Å²) in [4.78, 5) is 14.8. The Kier molecular flexibility index (Phi) is 6.24. The molecule has 150 valence electrons. The molecule has 0 saturated carbocycles. The number of methoxy groups -OCH3 is 1. The van der Waals surface area contributed by atoms with Crippen molar-refractivity contribution < 1.29 is 17.9 Å². The molecule has 1 heterocycles. The molecule has 1 N–H and O–H groups in total. The number of anilines is 1. The normalized spacial score (nSPS) is 15.0. The van der Waals surface area contributed by atoms with Crippen LogP contribution in [0, 0.1) is 6.92 Å². The van der Waals surface area contributed by atoms with E-state index in [1.54, 1.807) is 37.3 Å². The Labute approximate surface area is 166 Å². The van der Waals surface area contributed by atoms with Crippen LogP contribution in [0.3, 0.4) is 0 Å². The summed E-state index contributed by atoms with van der Waals surface area (Å²) in [7, 11) is -2.19. The molecular weight excluding hydrogens is 376 g/mol. The molecule has 1 fully saturated rings. The van der Waals surface area contributed by atoms with E-state index >= 15 is 0 Å². The minimum atomic E-state index is -3.72. The molecule has 1 amide bonds. The molecule has 2 aromatic rings. The maximum absolute atomic E-state index is 12.8. The molecule has 0 radical (unpaired) electrons. The average Bonchev–Trinajstić information content (AvgIpc) is 2.98. The number of aryl methyl sites for hydroxylation is 1. The quantitative estimate of drug-likeness (QED) is 0.825. The standard InChI is InChI=1S/C21H26N2O4S/c1-16-15-17(21(24)23-13-5-3-4-6-14-23)7-12-20(16)22-28(25,26)19-10-8-18(27-2)9-11-19/h7-12,15,22H,3-6,13-14H2,1-2H3. The number of ether oxygens (including phenoxy) is 1. The summed E-state index contributed by atoms with van der Waals surface area (Å²) >= 11 is 0. The van der Waals surface area contributed by atoms with E-state index in [9.17, 15) is 13.2 Å². The molecule has 3 rings (SSSR count). The fraction of sp³-hybridized carbons (Fsp3) is 0.381. The molecule has 0 spiro atoms. The predicted molar refractivity (Wildman–Crippen MR) is 109 cm³/mol. The Balaban J connectivity index is 1.77. The van der Waals surface area contributed by atoms with Crippen molar-refractivity contribution in [3.63, 3.8) is 0 Å². The van der Waals surface area contributed by atoms with E-state index in [2.05, 4.69) is 4.72 Å². The zero-order valence-corrected chi connectivity index (χ0v) is 17.1. The summed E-state index contributed by atoms with van der Waals surface area (Å²) in [6.45, 7) is 3.36. The van der Waals surface area contributed by atoms with Crippen molar-refractivity contribution in [3.8, 4) is 5.75 Å². The first-order valence-corrected chi connectivity index (χ1v) is 11.0. The fourth-order valence-corrected chi connectivity index (χ4v) is 4.46. The van der Waals surface area contributed by atoms with Gasteiger partial charge in [-0.2, -0.15) is 0 Å². The van der Waals surface area contributed by atoms with E-state index in [1.807, 2.05) is 4.90 Å². The van der Waals surface area contributed by atoms with Crippen LogP contribution in [0.2, 0.25) is 0 Å². The van der Waals surface area contributed by atoms with E-state index in [1.165, 1.54) is 19.2 Å². The van der Waals surface area contributed by atoms with Gasteiger partial charge < -0.3 is 9.64 Å². The molecule has 0 aromatic heterocycles. The molecule has 6 nitrogen and oxygen atoms in total. The second-order valence-electron chi connectivity index (χ2n) is 7.02. The van der Waals surface area contributed by atoms with Crippen LogP contribution >= 0.6 is 0 Å². The first kappa shape index (κ1) is 20.2. The second kappa shape index (κ2) is 8.65. The highest BCUT2D eigenvalue weighted by molar-refractivity contribution is 7.92. The van der Waals surface area contributed by atoms with E-state index in [0.29, 0.717) is 22.6 Å². The number of hydrogen-bond acceptors (Lipinski definition) is 4. The van der Waals surface area contributed by atoms with Crippen molar-refractivity contribution in [2.75, 3.05) is 24.9 Å². The highest BCUT2D eigenvalue weighted by Gasteiger charge is 2.19.